The summed E-state index contributed by atoms with van der Waals surface area (Å²) in [5.74, 6) is 0. The third-order valence-electron chi connectivity index (χ3n) is 1.97. The van der Waals surface area contributed by atoms with Crippen molar-refractivity contribution in [3.05, 3.63) is 57.2 Å². The summed E-state index contributed by atoms with van der Waals surface area (Å²) < 4.78 is 0.922. The molecule has 17 heavy (non-hydrogen) atoms. The Hall–Kier alpha value is -1.40. The number of non-ortho nitro benzene ring substituents is 1. The van der Waals surface area contributed by atoms with Gasteiger partial charge >= 0.3 is 0 Å². The minimum atomic E-state index is -0.410. The molecule has 0 fully saturated rings. The van der Waals surface area contributed by atoms with Crippen molar-refractivity contribution >= 4 is 33.4 Å². The molecule has 0 N–H and O–H groups in total. The van der Waals surface area contributed by atoms with E-state index < -0.39 is 4.92 Å². The van der Waals surface area contributed by atoms with Crippen LogP contribution in [0.5, 0.6) is 0 Å². The molecule has 0 aliphatic rings. The summed E-state index contributed by atoms with van der Waals surface area (Å²) in [6, 6.07) is 10.2. The highest BCUT2D eigenvalue weighted by Gasteiger charge is 2.05. The van der Waals surface area contributed by atoms with E-state index in [1.807, 2.05) is 12.1 Å². The van der Waals surface area contributed by atoms with Gasteiger partial charge in [-0.25, -0.2) is 4.98 Å². The van der Waals surface area contributed by atoms with Gasteiger partial charge in [0.2, 0.25) is 0 Å². The number of nitro groups is 1. The van der Waals surface area contributed by atoms with Gasteiger partial charge in [0.1, 0.15) is 5.03 Å². The van der Waals surface area contributed by atoms with Gasteiger partial charge in [-0.2, -0.15) is 0 Å². The molecule has 0 spiro atoms. The van der Waals surface area contributed by atoms with Crippen molar-refractivity contribution in [2.45, 2.75) is 9.92 Å². The lowest BCUT2D eigenvalue weighted by atomic mass is 10.3. The quantitative estimate of drug-likeness (QED) is 0.637. The van der Waals surface area contributed by atoms with E-state index in [0.29, 0.717) is 0 Å². The number of nitrogens with zero attached hydrogens (tertiary/aromatic N) is 2. The average molecular weight is 311 g/mol. The van der Waals surface area contributed by atoms with Crippen LogP contribution in [0.1, 0.15) is 0 Å². The second-order valence-electron chi connectivity index (χ2n) is 3.17. The summed E-state index contributed by atoms with van der Waals surface area (Å²) in [5, 5.41) is 11.3. The Labute approximate surface area is 110 Å². The first kappa shape index (κ1) is 12.1. The Morgan fingerprint density at radius 2 is 1.88 bits per heavy atom. The van der Waals surface area contributed by atoms with Crippen LogP contribution in [0.2, 0.25) is 0 Å². The SMILES string of the molecule is O=[N+]([O-])c1ccc(Sc2ccc(Br)cn2)cc1. The molecule has 6 heteroatoms. The van der Waals surface area contributed by atoms with Crippen LogP contribution >= 0.6 is 27.7 Å². The zero-order valence-electron chi connectivity index (χ0n) is 8.54. The number of pyridine rings is 1. The van der Waals surface area contributed by atoms with E-state index in [0.717, 1.165) is 14.4 Å². The van der Waals surface area contributed by atoms with Gasteiger partial charge < -0.3 is 0 Å². The van der Waals surface area contributed by atoms with Crippen LogP contribution in [-0.2, 0) is 0 Å². The highest BCUT2D eigenvalue weighted by molar-refractivity contribution is 9.10. The van der Waals surface area contributed by atoms with E-state index in [4.69, 9.17) is 0 Å². The standard InChI is InChI=1S/C11H7BrN2O2S/c12-8-1-6-11(13-7-8)17-10-4-2-9(3-5-10)14(15)16/h1-7H. The van der Waals surface area contributed by atoms with Gasteiger partial charge in [-0.1, -0.05) is 11.8 Å². The molecular weight excluding hydrogens is 304 g/mol. The minimum Gasteiger partial charge on any atom is -0.258 e. The molecule has 1 heterocycles. The molecule has 0 amide bonds. The first-order chi connectivity index (χ1) is 8.15. The summed E-state index contributed by atoms with van der Waals surface area (Å²) >= 11 is 4.77. The molecule has 0 atom stereocenters. The van der Waals surface area contributed by atoms with Crippen molar-refractivity contribution in [1.29, 1.82) is 0 Å². The summed E-state index contributed by atoms with van der Waals surface area (Å²) in [6.07, 6.45) is 1.72. The van der Waals surface area contributed by atoms with E-state index in [1.165, 1.54) is 23.9 Å². The molecule has 0 saturated carbocycles. The van der Waals surface area contributed by atoms with Crippen molar-refractivity contribution in [2.24, 2.45) is 0 Å². The molecule has 0 bridgehead atoms. The van der Waals surface area contributed by atoms with Gasteiger partial charge in [0.15, 0.2) is 0 Å². The lowest BCUT2D eigenvalue weighted by Gasteiger charge is -2.00. The van der Waals surface area contributed by atoms with E-state index in [2.05, 4.69) is 20.9 Å². The number of halogens is 1. The van der Waals surface area contributed by atoms with Crippen molar-refractivity contribution in [2.75, 3.05) is 0 Å². The van der Waals surface area contributed by atoms with Crippen molar-refractivity contribution < 1.29 is 4.92 Å². The zero-order chi connectivity index (χ0) is 12.3. The second kappa shape index (κ2) is 5.29. The number of nitro benzene ring substituents is 1. The van der Waals surface area contributed by atoms with Gasteiger partial charge in [-0.3, -0.25) is 10.1 Å². The fraction of sp³-hybridized carbons (Fsp3) is 0. The van der Waals surface area contributed by atoms with Gasteiger partial charge in [0.05, 0.1) is 4.92 Å². The average Bonchev–Trinajstić information content (AvgIpc) is 2.33. The lowest BCUT2D eigenvalue weighted by molar-refractivity contribution is -0.384. The van der Waals surface area contributed by atoms with Gasteiger partial charge in [0.25, 0.3) is 5.69 Å². The lowest BCUT2D eigenvalue weighted by Crippen LogP contribution is -1.86. The zero-order valence-corrected chi connectivity index (χ0v) is 10.9. The van der Waals surface area contributed by atoms with E-state index in [9.17, 15) is 10.1 Å². The Kier molecular flexibility index (Phi) is 3.75. The predicted molar refractivity (Wildman–Crippen MR) is 69.2 cm³/mol. The van der Waals surface area contributed by atoms with Crippen molar-refractivity contribution in [1.82, 2.24) is 4.98 Å². The first-order valence-corrected chi connectivity index (χ1v) is 6.30. The highest BCUT2D eigenvalue weighted by Crippen LogP contribution is 2.27. The van der Waals surface area contributed by atoms with Crippen LogP contribution < -0.4 is 0 Å². The first-order valence-electron chi connectivity index (χ1n) is 4.69. The largest absolute Gasteiger partial charge is 0.269 e. The minimum absolute atomic E-state index is 0.0955. The Bertz CT molecular complexity index is 528. The summed E-state index contributed by atoms with van der Waals surface area (Å²) in [4.78, 5) is 15.2. The smallest absolute Gasteiger partial charge is 0.258 e. The third kappa shape index (κ3) is 3.28. The molecule has 0 saturated heterocycles. The van der Waals surface area contributed by atoms with Gasteiger partial charge in [-0.05, 0) is 40.2 Å². The van der Waals surface area contributed by atoms with Crippen LogP contribution in [0.25, 0.3) is 0 Å². The number of hydrogen-bond acceptors (Lipinski definition) is 4. The molecule has 2 rings (SSSR count). The van der Waals surface area contributed by atoms with Crippen LogP contribution in [0.3, 0.4) is 0 Å². The second-order valence-corrected chi connectivity index (χ2v) is 5.18. The normalized spacial score (nSPS) is 10.2. The third-order valence-corrected chi connectivity index (χ3v) is 3.40. The van der Waals surface area contributed by atoms with E-state index >= 15 is 0 Å². The number of aromatic nitrogens is 1. The Morgan fingerprint density at radius 1 is 1.18 bits per heavy atom. The molecule has 0 radical (unpaired) electrons. The molecule has 2 aromatic rings. The fourth-order valence-electron chi connectivity index (χ4n) is 1.18. The summed E-state index contributed by atoms with van der Waals surface area (Å²) in [7, 11) is 0. The van der Waals surface area contributed by atoms with Crippen molar-refractivity contribution in [3.63, 3.8) is 0 Å². The maximum absolute atomic E-state index is 10.5. The fourth-order valence-corrected chi connectivity index (χ4v) is 2.17. The predicted octanol–water partition coefficient (Wildman–Crippen LogP) is 3.90. The van der Waals surface area contributed by atoms with Gasteiger partial charge in [-0.15, -0.1) is 0 Å². The van der Waals surface area contributed by atoms with Crippen LogP contribution in [0, 0.1) is 10.1 Å². The van der Waals surface area contributed by atoms with E-state index in [-0.39, 0.29) is 5.69 Å². The molecule has 86 valence electrons. The van der Waals surface area contributed by atoms with Gasteiger partial charge in [0, 0.05) is 27.7 Å². The summed E-state index contributed by atoms with van der Waals surface area (Å²) in [6.45, 7) is 0. The molecule has 4 nitrogen and oxygen atoms in total. The maximum atomic E-state index is 10.5. The Balaban J connectivity index is 2.13. The Morgan fingerprint density at radius 3 is 2.41 bits per heavy atom. The molecule has 1 aromatic heterocycles. The number of benzene rings is 1. The van der Waals surface area contributed by atoms with Crippen molar-refractivity contribution in [3.8, 4) is 0 Å². The van der Waals surface area contributed by atoms with Crippen LogP contribution in [0.15, 0.2) is 57.0 Å². The molecule has 0 aliphatic carbocycles. The monoisotopic (exact) mass is 310 g/mol. The topological polar surface area (TPSA) is 56.0 Å². The molecular formula is C11H7BrN2O2S. The molecule has 0 unspecified atom stereocenters. The number of hydrogen-bond donors (Lipinski definition) is 0. The maximum Gasteiger partial charge on any atom is 0.269 e. The number of rotatable bonds is 3. The summed E-state index contributed by atoms with van der Waals surface area (Å²) in [5.41, 5.74) is 0.0955. The molecule has 1 aromatic carbocycles. The van der Waals surface area contributed by atoms with E-state index in [1.54, 1.807) is 18.3 Å². The molecule has 0 aliphatic heterocycles. The van der Waals surface area contributed by atoms with Crippen LogP contribution in [-0.4, -0.2) is 9.91 Å². The highest BCUT2D eigenvalue weighted by atomic mass is 79.9. The van der Waals surface area contributed by atoms with Crippen LogP contribution in [0.4, 0.5) is 5.69 Å².